The number of carbonyl (C=O) groups is 2. The summed E-state index contributed by atoms with van der Waals surface area (Å²) in [6, 6.07) is 0.845. The lowest BCUT2D eigenvalue weighted by Crippen LogP contribution is -2.44. The molecular formula is C15H20N2O7. The van der Waals surface area contributed by atoms with Crippen molar-refractivity contribution in [1.29, 1.82) is 0 Å². The maximum Gasteiger partial charge on any atom is 0.408 e. The molecule has 0 aromatic heterocycles. The fourth-order valence-electron chi connectivity index (χ4n) is 1.96. The number of non-ortho nitro benzene ring substituents is 1. The Hall–Kier alpha value is -2.84. The van der Waals surface area contributed by atoms with E-state index in [1.54, 1.807) is 20.8 Å². The number of nitrogens with zero attached hydrogens (tertiary/aromatic N) is 1. The van der Waals surface area contributed by atoms with Crippen molar-refractivity contribution in [1.82, 2.24) is 5.32 Å². The maximum absolute atomic E-state index is 11.7. The zero-order valence-electron chi connectivity index (χ0n) is 13.8. The number of ether oxygens (including phenoxy) is 1. The van der Waals surface area contributed by atoms with Gasteiger partial charge in [-0.25, -0.2) is 9.59 Å². The molecule has 3 N–H and O–H groups in total. The number of nitro benzene ring substituents is 1. The highest BCUT2D eigenvalue weighted by Gasteiger charge is 2.26. The Balaban J connectivity index is 3.03. The van der Waals surface area contributed by atoms with Gasteiger partial charge in [0.2, 0.25) is 0 Å². The van der Waals surface area contributed by atoms with E-state index in [1.807, 2.05) is 0 Å². The van der Waals surface area contributed by atoms with Gasteiger partial charge >= 0.3 is 12.1 Å². The van der Waals surface area contributed by atoms with Gasteiger partial charge in [0.25, 0.3) is 5.69 Å². The third-order valence-electron chi connectivity index (χ3n) is 2.99. The number of aliphatic carboxylic acids is 1. The summed E-state index contributed by atoms with van der Waals surface area (Å²) >= 11 is 0. The number of aryl methyl sites for hydroxylation is 1. The van der Waals surface area contributed by atoms with Gasteiger partial charge in [0, 0.05) is 24.1 Å². The fourth-order valence-corrected chi connectivity index (χ4v) is 1.96. The minimum atomic E-state index is -1.41. The standard InChI is InChI=1S/C15H20N2O7/c1-8-5-10(17(22)23)6-9(12(8)18)7-11(13(19)20)16-14(21)24-15(2,3)4/h5-6,11,18H,7H2,1-4H3,(H,16,21)(H,19,20). The highest BCUT2D eigenvalue weighted by molar-refractivity contribution is 5.80. The summed E-state index contributed by atoms with van der Waals surface area (Å²) < 4.78 is 4.99. The molecule has 0 heterocycles. The molecule has 24 heavy (non-hydrogen) atoms. The molecule has 0 aliphatic heterocycles. The van der Waals surface area contributed by atoms with Gasteiger partial charge in [0.05, 0.1) is 4.92 Å². The van der Waals surface area contributed by atoms with Gasteiger partial charge in [0.1, 0.15) is 17.4 Å². The first kappa shape index (κ1) is 19.2. The van der Waals surface area contributed by atoms with Gasteiger partial charge in [-0.15, -0.1) is 0 Å². The molecule has 0 radical (unpaired) electrons. The summed E-state index contributed by atoms with van der Waals surface area (Å²) in [7, 11) is 0. The molecule has 9 heteroatoms. The summed E-state index contributed by atoms with van der Waals surface area (Å²) in [4.78, 5) is 33.3. The molecular weight excluding hydrogens is 320 g/mol. The Morgan fingerprint density at radius 1 is 1.38 bits per heavy atom. The summed E-state index contributed by atoms with van der Waals surface area (Å²) in [5.41, 5.74) is -0.801. The van der Waals surface area contributed by atoms with Crippen LogP contribution in [0.4, 0.5) is 10.5 Å². The van der Waals surface area contributed by atoms with Crippen LogP contribution in [0.15, 0.2) is 12.1 Å². The fraction of sp³-hybridized carbons (Fsp3) is 0.467. The topological polar surface area (TPSA) is 139 Å². The van der Waals surface area contributed by atoms with Crippen LogP contribution in [0, 0.1) is 17.0 Å². The molecule has 0 saturated carbocycles. The van der Waals surface area contributed by atoms with E-state index >= 15 is 0 Å². The average Bonchev–Trinajstić information content (AvgIpc) is 2.40. The minimum absolute atomic E-state index is 0.0464. The predicted octanol–water partition coefficient (Wildman–Crippen LogP) is 2.13. The van der Waals surface area contributed by atoms with Crippen LogP contribution in [-0.2, 0) is 16.0 Å². The summed E-state index contributed by atoms with van der Waals surface area (Å²) in [5.74, 6) is -1.61. The van der Waals surface area contributed by atoms with Gasteiger partial charge in [-0.05, 0) is 33.3 Å². The quantitative estimate of drug-likeness (QED) is 0.551. The molecule has 0 spiro atoms. The van der Waals surface area contributed by atoms with E-state index in [4.69, 9.17) is 4.74 Å². The first-order chi connectivity index (χ1) is 10.9. The second kappa shape index (κ2) is 7.16. The van der Waals surface area contributed by atoms with Crippen molar-refractivity contribution >= 4 is 17.7 Å². The SMILES string of the molecule is Cc1cc([N+](=O)[O-])cc(CC(NC(=O)OC(C)(C)C)C(=O)O)c1O. The second-order valence-corrected chi connectivity index (χ2v) is 6.27. The van der Waals surface area contributed by atoms with Gasteiger partial charge in [-0.3, -0.25) is 10.1 Å². The Kier molecular flexibility index (Phi) is 5.73. The van der Waals surface area contributed by atoms with Crippen LogP contribution in [0.1, 0.15) is 31.9 Å². The van der Waals surface area contributed by atoms with Crippen molar-refractivity contribution in [2.75, 3.05) is 0 Å². The molecule has 0 fully saturated rings. The molecule has 0 aliphatic rings. The third kappa shape index (κ3) is 5.41. The smallest absolute Gasteiger partial charge is 0.408 e. The number of nitro groups is 1. The molecule has 1 aromatic carbocycles. The number of rotatable bonds is 5. The molecule has 9 nitrogen and oxygen atoms in total. The Labute approximate surface area is 138 Å². The largest absolute Gasteiger partial charge is 0.507 e. The molecule has 0 bridgehead atoms. The van der Waals surface area contributed by atoms with E-state index < -0.39 is 28.6 Å². The number of carbonyl (C=O) groups excluding carboxylic acids is 1. The van der Waals surface area contributed by atoms with E-state index in [2.05, 4.69) is 5.32 Å². The van der Waals surface area contributed by atoms with Crippen LogP contribution in [-0.4, -0.2) is 38.8 Å². The highest BCUT2D eigenvalue weighted by atomic mass is 16.6. The lowest BCUT2D eigenvalue weighted by atomic mass is 10.0. The molecule has 0 aliphatic carbocycles. The van der Waals surface area contributed by atoms with E-state index in [0.29, 0.717) is 0 Å². The van der Waals surface area contributed by atoms with Gasteiger partial charge in [0.15, 0.2) is 0 Å². The number of amides is 1. The highest BCUT2D eigenvalue weighted by Crippen LogP contribution is 2.28. The van der Waals surface area contributed by atoms with Crippen molar-refractivity contribution in [3.05, 3.63) is 33.4 Å². The Morgan fingerprint density at radius 3 is 2.42 bits per heavy atom. The summed E-state index contributed by atoms with van der Waals surface area (Å²) in [6.45, 7) is 6.33. The number of carboxylic acids is 1. The van der Waals surface area contributed by atoms with E-state index in [0.717, 1.165) is 6.07 Å². The van der Waals surface area contributed by atoms with Crippen LogP contribution in [0.3, 0.4) is 0 Å². The van der Waals surface area contributed by atoms with E-state index in [1.165, 1.54) is 13.0 Å². The molecule has 1 unspecified atom stereocenters. The van der Waals surface area contributed by atoms with Crippen molar-refractivity contribution < 1.29 is 29.5 Å². The lowest BCUT2D eigenvalue weighted by Gasteiger charge is -2.22. The first-order valence-electron chi connectivity index (χ1n) is 7.10. The molecule has 1 rings (SSSR count). The minimum Gasteiger partial charge on any atom is -0.507 e. The van der Waals surface area contributed by atoms with Crippen LogP contribution in [0.2, 0.25) is 0 Å². The molecule has 1 atom stereocenters. The maximum atomic E-state index is 11.7. The van der Waals surface area contributed by atoms with Crippen molar-refractivity contribution in [3.63, 3.8) is 0 Å². The monoisotopic (exact) mass is 340 g/mol. The van der Waals surface area contributed by atoms with Crippen LogP contribution >= 0.6 is 0 Å². The van der Waals surface area contributed by atoms with Crippen molar-refractivity contribution in [3.8, 4) is 5.75 Å². The molecule has 1 aromatic rings. The molecule has 1 amide bonds. The van der Waals surface area contributed by atoms with Gasteiger partial charge in [-0.1, -0.05) is 0 Å². The number of benzene rings is 1. The first-order valence-corrected chi connectivity index (χ1v) is 7.10. The second-order valence-electron chi connectivity index (χ2n) is 6.27. The summed E-state index contributed by atoms with van der Waals surface area (Å²) in [5, 5.41) is 32.3. The van der Waals surface area contributed by atoms with Gasteiger partial charge < -0.3 is 20.3 Å². The van der Waals surface area contributed by atoms with E-state index in [-0.39, 0.29) is 29.0 Å². The molecule has 132 valence electrons. The zero-order valence-corrected chi connectivity index (χ0v) is 13.8. The Bertz CT molecular complexity index is 665. The molecule has 0 saturated heterocycles. The number of carboxylic acid groups (broad SMARTS) is 1. The summed E-state index contributed by atoms with van der Waals surface area (Å²) in [6.07, 6.45) is -1.26. The van der Waals surface area contributed by atoms with Crippen LogP contribution < -0.4 is 5.32 Å². The zero-order chi connectivity index (χ0) is 18.7. The van der Waals surface area contributed by atoms with E-state index in [9.17, 15) is 29.9 Å². The number of phenolic OH excluding ortho intramolecular Hbond substituents is 1. The van der Waals surface area contributed by atoms with Crippen LogP contribution in [0.25, 0.3) is 0 Å². The normalized spacial score (nSPS) is 12.3. The van der Waals surface area contributed by atoms with Crippen molar-refractivity contribution in [2.45, 2.75) is 45.8 Å². The van der Waals surface area contributed by atoms with Crippen LogP contribution in [0.5, 0.6) is 5.75 Å². The number of nitrogens with one attached hydrogen (secondary N) is 1. The number of phenols is 1. The number of hydrogen-bond donors (Lipinski definition) is 3. The number of alkyl carbamates (subject to hydrolysis) is 1. The third-order valence-corrected chi connectivity index (χ3v) is 2.99. The predicted molar refractivity (Wildman–Crippen MR) is 84.0 cm³/mol. The number of hydrogen-bond acceptors (Lipinski definition) is 6. The lowest BCUT2D eigenvalue weighted by molar-refractivity contribution is -0.385. The Morgan fingerprint density at radius 2 is 1.96 bits per heavy atom. The van der Waals surface area contributed by atoms with Gasteiger partial charge in [-0.2, -0.15) is 0 Å². The number of aromatic hydroxyl groups is 1. The van der Waals surface area contributed by atoms with Crippen molar-refractivity contribution in [2.24, 2.45) is 0 Å². The average molecular weight is 340 g/mol.